The molecule has 51 heavy (non-hydrogen) atoms. The first-order chi connectivity index (χ1) is 23.4. The standard InChI is InChI=1S/C22H31N2.C22H29N2.2CH3.Nd/c2*1-17(15-23-3)21(19-11-7-5-8-12-19)22(18(2)16-24-4)20-13-9-6-10-14-20;;;/h5-14,17-18,21-23H,15-16H2,1-4H3;5-15,18,21-22,24H,16H2,1-4H3;2*1H3;/q4*-1;/b;17-15+;;;/t17-,18-,21+,22+;18-,21+,22+;;;/m01.../s1. The van der Waals surface area contributed by atoms with Crippen LogP contribution in [0.5, 0.6) is 0 Å². The van der Waals surface area contributed by atoms with E-state index >= 15 is 0 Å². The third-order valence-corrected chi connectivity index (χ3v) is 9.64. The van der Waals surface area contributed by atoms with Gasteiger partial charge in [-0.3, -0.25) is 0 Å². The average molecular weight is 819 g/mol. The molecule has 0 saturated heterocycles. The Hall–Kier alpha value is -2.35. The summed E-state index contributed by atoms with van der Waals surface area (Å²) in [6, 6.07) is 43.6. The van der Waals surface area contributed by atoms with Crippen molar-refractivity contribution in [3.05, 3.63) is 181 Å². The van der Waals surface area contributed by atoms with E-state index in [0.717, 1.165) is 19.6 Å². The van der Waals surface area contributed by atoms with Crippen LogP contribution in [0.3, 0.4) is 0 Å². The fourth-order valence-electron chi connectivity index (χ4n) is 7.65. The summed E-state index contributed by atoms with van der Waals surface area (Å²) in [5.74, 6) is 3.20. The Morgan fingerprint density at radius 1 is 0.549 bits per heavy atom. The minimum absolute atomic E-state index is 0. The molecule has 0 amide bonds. The van der Waals surface area contributed by atoms with Gasteiger partial charge in [0.25, 0.3) is 0 Å². The predicted molar refractivity (Wildman–Crippen MR) is 222 cm³/mol. The molecule has 0 saturated carbocycles. The number of nitrogens with zero attached hydrogens (tertiary/aromatic N) is 2. The van der Waals surface area contributed by atoms with Crippen LogP contribution in [0.1, 0.15) is 73.6 Å². The molecule has 0 fully saturated rings. The minimum atomic E-state index is 0. The SMILES string of the molecule is C[N-]/C=C(\C)[C@@H](c1ccccc1)[C@H](c1ccccc1)[C@H](C)CNC.C[N-]C[C@H](C)[C@H](c1ccccc1)[C@@H](c1ccccc1)[C@@H](C)CNC.[CH3-].[CH3-].[Nd]. The molecule has 4 aromatic carbocycles. The molecule has 2 N–H and O–H groups in total. The predicted octanol–water partition coefficient (Wildman–Crippen LogP) is 11.3. The molecule has 0 bridgehead atoms. The summed E-state index contributed by atoms with van der Waals surface area (Å²) >= 11 is 0. The van der Waals surface area contributed by atoms with Gasteiger partial charge in [-0.15, -0.1) is 13.6 Å². The zero-order valence-corrected chi connectivity index (χ0v) is 36.4. The van der Waals surface area contributed by atoms with E-state index < -0.39 is 0 Å². The smallest absolute Gasteiger partial charge is 0.0103 e. The van der Waals surface area contributed by atoms with Gasteiger partial charge in [0.05, 0.1) is 0 Å². The number of hydrogen-bond acceptors (Lipinski definition) is 2. The number of hydrogen-bond donors (Lipinski definition) is 2. The first-order valence-corrected chi connectivity index (χ1v) is 17.7. The van der Waals surface area contributed by atoms with Crippen molar-refractivity contribution >= 4 is 0 Å². The number of nitrogens with one attached hydrogen (secondary N) is 2. The molecule has 0 aliphatic carbocycles. The molecule has 5 heteroatoms. The maximum absolute atomic E-state index is 4.45. The second-order valence-electron chi connectivity index (χ2n) is 13.4. The molecular formula is C46H66N4Nd-4. The molecule has 7 atom stereocenters. The Bertz CT molecular complexity index is 1360. The maximum Gasteiger partial charge on any atom is 0.0103 e. The summed E-state index contributed by atoms with van der Waals surface area (Å²) in [6.45, 7) is 12.1. The van der Waals surface area contributed by atoms with Crippen molar-refractivity contribution in [1.29, 1.82) is 0 Å². The quantitative estimate of drug-likeness (QED) is 0.104. The van der Waals surface area contributed by atoms with Crippen LogP contribution in [0, 0.1) is 73.4 Å². The third-order valence-electron chi connectivity index (χ3n) is 9.64. The van der Waals surface area contributed by atoms with Crippen molar-refractivity contribution in [2.75, 3.05) is 47.8 Å². The average Bonchev–Trinajstić information content (AvgIpc) is 3.11. The Labute approximate surface area is 346 Å². The van der Waals surface area contributed by atoms with E-state index in [-0.39, 0.29) is 55.7 Å². The largest absolute Gasteiger partial charge is 0.693 e. The van der Waals surface area contributed by atoms with E-state index in [1.807, 2.05) is 34.4 Å². The number of allylic oxidation sites excluding steroid dienone is 1. The Balaban J connectivity index is 0.000000926. The third kappa shape index (κ3) is 14.9. The van der Waals surface area contributed by atoms with Gasteiger partial charge in [0.2, 0.25) is 0 Å². The summed E-state index contributed by atoms with van der Waals surface area (Å²) in [6.07, 6.45) is 2.01. The van der Waals surface area contributed by atoms with Crippen LogP contribution in [0.4, 0.5) is 0 Å². The van der Waals surface area contributed by atoms with Gasteiger partial charge in [-0.05, 0) is 86.0 Å². The fraction of sp³-hybridized carbons (Fsp3) is 0.391. The van der Waals surface area contributed by atoms with Crippen molar-refractivity contribution in [3.63, 3.8) is 0 Å². The molecule has 0 spiro atoms. The van der Waals surface area contributed by atoms with Gasteiger partial charge in [0.1, 0.15) is 0 Å². The number of rotatable bonds is 17. The van der Waals surface area contributed by atoms with Crippen LogP contribution in [-0.4, -0.2) is 47.8 Å². The van der Waals surface area contributed by atoms with E-state index in [2.05, 4.69) is 170 Å². The minimum Gasteiger partial charge on any atom is -0.693 e. The molecule has 0 aliphatic heterocycles. The molecule has 4 nitrogen and oxygen atoms in total. The van der Waals surface area contributed by atoms with Crippen molar-refractivity contribution < 1.29 is 40.8 Å². The van der Waals surface area contributed by atoms with Gasteiger partial charge in [-0.1, -0.05) is 154 Å². The molecule has 0 unspecified atom stereocenters. The summed E-state index contributed by atoms with van der Waals surface area (Å²) in [5.41, 5.74) is 6.90. The molecule has 0 aliphatic rings. The molecule has 0 heterocycles. The molecule has 0 radical (unpaired) electrons. The van der Waals surface area contributed by atoms with Gasteiger partial charge < -0.3 is 36.1 Å². The van der Waals surface area contributed by atoms with E-state index in [1.165, 1.54) is 27.8 Å². The van der Waals surface area contributed by atoms with Gasteiger partial charge in [0, 0.05) is 46.8 Å². The van der Waals surface area contributed by atoms with Crippen LogP contribution in [0.2, 0.25) is 0 Å². The summed E-state index contributed by atoms with van der Waals surface area (Å²) < 4.78 is 0. The normalized spacial score (nSPS) is 15.0. The van der Waals surface area contributed by atoms with E-state index in [4.69, 9.17) is 0 Å². The second kappa shape index (κ2) is 27.3. The summed E-state index contributed by atoms with van der Waals surface area (Å²) in [5, 5.41) is 15.5. The Kier molecular flexibility index (Phi) is 26.0. The van der Waals surface area contributed by atoms with Crippen LogP contribution in [0.15, 0.2) is 133 Å². The molecule has 0 aromatic heterocycles. The maximum atomic E-state index is 4.45. The van der Waals surface area contributed by atoms with E-state index in [0.29, 0.717) is 41.4 Å². The zero-order chi connectivity index (χ0) is 34.7. The van der Waals surface area contributed by atoms with Crippen molar-refractivity contribution in [2.45, 2.75) is 51.4 Å². The fourth-order valence-corrected chi connectivity index (χ4v) is 7.65. The van der Waals surface area contributed by atoms with Gasteiger partial charge in [-0.25, -0.2) is 0 Å². The molecular weight excluding hydrogens is 753 g/mol. The summed E-state index contributed by atoms with van der Waals surface area (Å²) in [7, 11) is 7.84. The zero-order valence-electron chi connectivity index (χ0n) is 33.2. The summed E-state index contributed by atoms with van der Waals surface area (Å²) in [4.78, 5) is 0. The molecule has 4 aromatic rings. The first kappa shape index (κ1) is 48.7. The van der Waals surface area contributed by atoms with Crippen LogP contribution in [0.25, 0.3) is 10.6 Å². The van der Waals surface area contributed by atoms with Crippen LogP contribution >= 0.6 is 0 Å². The van der Waals surface area contributed by atoms with E-state index in [9.17, 15) is 0 Å². The van der Waals surface area contributed by atoms with Gasteiger partial charge in [0.15, 0.2) is 0 Å². The van der Waals surface area contributed by atoms with Gasteiger partial charge in [-0.2, -0.15) is 13.2 Å². The topological polar surface area (TPSA) is 52.3 Å². The Morgan fingerprint density at radius 2 is 0.882 bits per heavy atom. The van der Waals surface area contributed by atoms with Crippen molar-refractivity contribution in [1.82, 2.24) is 10.6 Å². The number of benzene rings is 4. The van der Waals surface area contributed by atoms with E-state index in [1.54, 1.807) is 0 Å². The first-order valence-electron chi connectivity index (χ1n) is 17.7. The Morgan fingerprint density at radius 3 is 1.24 bits per heavy atom. The van der Waals surface area contributed by atoms with Gasteiger partial charge >= 0.3 is 0 Å². The van der Waals surface area contributed by atoms with Crippen molar-refractivity contribution in [3.8, 4) is 0 Å². The molecule has 4 rings (SSSR count). The van der Waals surface area contributed by atoms with Crippen LogP contribution in [-0.2, 0) is 0 Å². The van der Waals surface area contributed by atoms with Crippen molar-refractivity contribution in [2.24, 2.45) is 17.8 Å². The van der Waals surface area contributed by atoms with Crippen LogP contribution < -0.4 is 10.6 Å². The molecule has 278 valence electrons. The second-order valence-corrected chi connectivity index (χ2v) is 13.4. The monoisotopic (exact) mass is 816 g/mol.